The van der Waals surface area contributed by atoms with E-state index in [0.717, 1.165) is 12.8 Å². The van der Waals surface area contributed by atoms with Crippen molar-refractivity contribution < 1.29 is 4.79 Å². The van der Waals surface area contributed by atoms with E-state index in [1.807, 2.05) is 19.1 Å². The van der Waals surface area contributed by atoms with Crippen LogP contribution in [-0.2, 0) is 0 Å². The van der Waals surface area contributed by atoms with Gasteiger partial charge in [0.1, 0.15) is 5.69 Å². The summed E-state index contributed by atoms with van der Waals surface area (Å²) >= 11 is 0. The third kappa shape index (κ3) is 2.65. The number of ketones is 1. The minimum absolute atomic E-state index is 0.0971. The van der Waals surface area contributed by atoms with Crippen molar-refractivity contribution in [3.05, 3.63) is 30.1 Å². The van der Waals surface area contributed by atoms with Crippen molar-refractivity contribution in [1.29, 1.82) is 0 Å². The van der Waals surface area contributed by atoms with Gasteiger partial charge in [0.15, 0.2) is 5.78 Å². The molecular formula is C11H15NO. The Balaban J connectivity index is 2.68. The number of hydrogen-bond donors (Lipinski definition) is 0. The molecule has 2 heteroatoms. The Hall–Kier alpha value is -1.18. The van der Waals surface area contributed by atoms with Gasteiger partial charge in [-0.15, -0.1) is 0 Å². The zero-order chi connectivity index (χ0) is 9.68. The van der Waals surface area contributed by atoms with E-state index in [0.29, 0.717) is 5.69 Å². The van der Waals surface area contributed by atoms with Crippen LogP contribution in [0, 0.1) is 5.92 Å². The Morgan fingerprint density at radius 3 is 2.85 bits per heavy atom. The number of aromatic nitrogens is 1. The normalized spacial score (nSPS) is 12.5. The second-order valence-electron chi connectivity index (χ2n) is 3.27. The van der Waals surface area contributed by atoms with Crippen LogP contribution >= 0.6 is 0 Å². The first-order valence-electron chi connectivity index (χ1n) is 4.71. The highest BCUT2D eigenvalue weighted by Crippen LogP contribution is 2.11. The lowest BCUT2D eigenvalue weighted by molar-refractivity contribution is 0.0918. The molecule has 0 saturated carbocycles. The number of pyridine rings is 1. The number of carbonyl (C=O) groups excluding carboxylic acids is 1. The molecule has 0 aliphatic carbocycles. The molecule has 0 saturated heterocycles. The molecule has 1 aromatic rings. The predicted octanol–water partition coefficient (Wildman–Crippen LogP) is 2.70. The summed E-state index contributed by atoms with van der Waals surface area (Å²) in [5.74, 6) is 0.252. The number of rotatable bonds is 4. The first-order chi connectivity index (χ1) is 6.25. The van der Waals surface area contributed by atoms with E-state index in [2.05, 4.69) is 11.9 Å². The Morgan fingerprint density at radius 1 is 1.54 bits per heavy atom. The second-order valence-corrected chi connectivity index (χ2v) is 3.27. The fraction of sp³-hybridized carbons (Fsp3) is 0.455. The summed E-state index contributed by atoms with van der Waals surface area (Å²) in [7, 11) is 0. The molecule has 0 radical (unpaired) electrons. The fourth-order valence-electron chi connectivity index (χ4n) is 1.33. The largest absolute Gasteiger partial charge is 0.292 e. The van der Waals surface area contributed by atoms with Crippen LogP contribution in [0.5, 0.6) is 0 Å². The number of carbonyl (C=O) groups is 1. The van der Waals surface area contributed by atoms with Gasteiger partial charge in [-0.2, -0.15) is 0 Å². The first kappa shape index (κ1) is 9.90. The van der Waals surface area contributed by atoms with Crippen LogP contribution < -0.4 is 0 Å². The molecule has 1 atom stereocenters. The van der Waals surface area contributed by atoms with Crippen molar-refractivity contribution in [2.24, 2.45) is 5.92 Å². The molecule has 0 aliphatic heterocycles. The second kappa shape index (κ2) is 4.75. The first-order valence-corrected chi connectivity index (χ1v) is 4.71. The summed E-state index contributed by atoms with van der Waals surface area (Å²) in [6, 6.07) is 5.44. The molecule has 0 N–H and O–H groups in total. The zero-order valence-corrected chi connectivity index (χ0v) is 8.16. The highest BCUT2D eigenvalue weighted by atomic mass is 16.1. The minimum atomic E-state index is 0.0971. The maximum Gasteiger partial charge on any atom is 0.183 e. The molecule has 1 heterocycles. The Bertz CT molecular complexity index is 269. The van der Waals surface area contributed by atoms with Crippen molar-refractivity contribution in [2.75, 3.05) is 0 Å². The van der Waals surface area contributed by atoms with Gasteiger partial charge in [-0.1, -0.05) is 26.3 Å². The van der Waals surface area contributed by atoms with Gasteiger partial charge in [-0.05, 0) is 18.6 Å². The lowest BCUT2D eigenvalue weighted by atomic mass is 9.98. The summed E-state index contributed by atoms with van der Waals surface area (Å²) in [6.45, 7) is 4.04. The van der Waals surface area contributed by atoms with E-state index in [4.69, 9.17) is 0 Å². The molecular weight excluding hydrogens is 162 g/mol. The monoisotopic (exact) mass is 177 g/mol. The minimum Gasteiger partial charge on any atom is -0.292 e. The molecule has 0 aliphatic rings. The molecule has 0 bridgehead atoms. The standard InChI is InChI=1S/C11H15NO/c1-3-6-9(2)11(13)10-7-4-5-8-12-10/h4-5,7-9H,3,6H2,1-2H3. The van der Waals surface area contributed by atoms with Crippen molar-refractivity contribution in [1.82, 2.24) is 4.98 Å². The summed E-state index contributed by atoms with van der Waals surface area (Å²) in [6.07, 6.45) is 3.64. The lowest BCUT2D eigenvalue weighted by Crippen LogP contribution is -2.12. The van der Waals surface area contributed by atoms with Crippen molar-refractivity contribution in [2.45, 2.75) is 26.7 Å². The summed E-state index contributed by atoms with van der Waals surface area (Å²) in [5.41, 5.74) is 0.587. The topological polar surface area (TPSA) is 30.0 Å². The third-order valence-corrected chi connectivity index (χ3v) is 2.09. The van der Waals surface area contributed by atoms with Gasteiger partial charge in [0.2, 0.25) is 0 Å². The number of hydrogen-bond acceptors (Lipinski definition) is 2. The van der Waals surface area contributed by atoms with Crippen molar-refractivity contribution in [3.8, 4) is 0 Å². The van der Waals surface area contributed by atoms with Gasteiger partial charge in [0.05, 0.1) is 0 Å². The van der Waals surface area contributed by atoms with Crippen molar-refractivity contribution >= 4 is 5.78 Å². The van der Waals surface area contributed by atoms with E-state index in [1.165, 1.54) is 0 Å². The number of Topliss-reactive ketones (excluding diaryl/α,β-unsaturated/α-hetero) is 1. The van der Waals surface area contributed by atoms with Crippen LogP contribution in [0.4, 0.5) is 0 Å². The van der Waals surface area contributed by atoms with Crippen LogP contribution in [-0.4, -0.2) is 10.8 Å². The molecule has 13 heavy (non-hydrogen) atoms. The molecule has 0 aromatic carbocycles. The molecule has 70 valence electrons. The van der Waals surface area contributed by atoms with Gasteiger partial charge in [0.25, 0.3) is 0 Å². The molecule has 1 rings (SSSR count). The van der Waals surface area contributed by atoms with E-state index in [-0.39, 0.29) is 11.7 Å². The van der Waals surface area contributed by atoms with E-state index in [1.54, 1.807) is 12.3 Å². The van der Waals surface area contributed by atoms with Crippen LogP contribution in [0.3, 0.4) is 0 Å². The van der Waals surface area contributed by atoms with Gasteiger partial charge >= 0.3 is 0 Å². The average Bonchev–Trinajstić information content (AvgIpc) is 2.18. The fourth-order valence-corrected chi connectivity index (χ4v) is 1.33. The van der Waals surface area contributed by atoms with Gasteiger partial charge < -0.3 is 0 Å². The van der Waals surface area contributed by atoms with Gasteiger partial charge in [0, 0.05) is 12.1 Å². The summed E-state index contributed by atoms with van der Waals surface area (Å²) in [5, 5.41) is 0. The number of nitrogens with zero attached hydrogens (tertiary/aromatic N) is 1. The quantitative estimate of drug-likeness (QED) is 0.662. The Morgan fingerprint density at radius 2 is 2.31 bits per heavy atom. The summed E-state index contributed by atoms with van der Waals surface area (Å²) in [4.78, 5) is 15.7. The Labute approximate surface area is 79.0 Å². The molecule has 0 spiro atoms. The average molecular weight is 177 g/mol. The summed E-state index contributed by atoms with van der Waals surface area (Å²) < 4.78 is 0. The highest BCUT2D eigenvalue weighted by molar-refractivity contribution is 5.95. The maximum atomic E-state index is 11.7. The molecule has 0 amide bonds. The molecule has 1 aromatic heterocycles. The zero-order valence-electron chi connectivity index (χ0n) is 8.16. The lowest BCUT2D eigenvalue weighted by Gasteiger charge is -2.07. The smallest absolute Gasteiger partial charge is 0.183 e. The van der Waals surface area contributed by atoms with Crippen LogP contribution in [0.1, 0.15) is 37.2 Å². The van der Waals surface area contributed by atoms with Crippen LogP contribution in [0.25, 0.3) is 0 Å². The van der Waals surface area contributed by atoms with E-state index >= 15 is 0 Å². The third-order valence-electron chi connectivity index (χ3n) is 2.09. The molecule has 2 nitrogen and oxygen atoms in total. The maximum absolute atomic E-state index is 11.7. The highest BCUT2D eigenvalue weighted by Gasteiger charge is 2.14. The Kier molecular flexibility index (Phi) is 3.62. The van der Waals surface area contributed by atoms with Crippen LogP contribution in [0.2, 0.25) is 0 Å². The predicted molar refractivity (Wildman–Crippen MR) is 52.6 cm³/mol. The van der Waals surface area contributed by atoms with Crippen molar-refractivity contribution in [3.63, 3.8) is 0 Å². The molecule has 1 unspecified atom stereocenters. The molecule has 0 fully saturated rings. The van der Waals surface area contributed by atoms with E-state index in [9.17, 15) is 4.79 Å². The SMILES string of the molecule is CCCC(C)C(=O)c1ccccn1. The van der Waals surface area contributed by atoms with Gasteiger partial charge in [-0.3, -0.25) is 9.78 Å². The van der Waals surface area contributed by atoms with Gasteiger partial charge in [-0.25, -0.2) is 0 Å². The van der Waals surface area contributed by atoms with Crippen LogP contribution in [0.15, 0.2) is 24.4 Å². The van der Waals surface area contributed by atoms with E-state index < -0.39 is 0 Å².